The molecule has 0 saturated carbocycles. The maximum absolute atomic E-state index is 12.1. The Labute approximate surface area is 114 Å². The number of rotatable bonds is 3. The summed E-state index contributed by atoms with van der Waals surface area (Å²) in [5.74, 6) is 0.0414. The van der Waals surface area contributed by atoms with E-state index in [0.29, 0.717) is 0 Å². The predicted octanol–water partition coefficient (Wildman–Crippen LogP) is 2.27. The lowest BCUT2D eigenvalue weighted by atomic mass is 10.3. The number of alkyl halides is 2. The average molecular weight is 291 g/mol. The van der Waals surface area contributed by atoms with E-state index in [1.54, 1.807) is 22.0 Å². The number of halogens is 3. The van der Waals surface area contributed by atoms with Gasteiger partial charge in [-0.15, -0.1) is 0 Å². The summed E-state index contributed by atoms with van der Waals surface area (Å²) in [7, 11) is 1.83. The van der Waals surface area contributed by atoms with Crippen LogP contribution < -0.4 is 4.90 Å². The standard InChI is InChI=1S/C11H13ClF2N4O/c1-7-9(3-16-17(7)2)18-4-8(12)11(15-6-18)19-5-10(13)14/h3-4,10H,5-6H2,1-2H3. The highest BCUT2D eigenvalue weighted by Gasteiger charge is 2.19. The first-order chi connectivity index (χ1) is 8.99. The van der Waals surface area contributed by atoms with E-state index < -0.39 is 13.0 Å². The Balaban J connectivity index is 2.09. The van der Waals surface area contributed by atoms with Crippen molar-refractivity contribution in [2.24, 2.45) is 12.0 Å². The monoisotopic (exact) mass is 290 g/mol. The van der Waals surface area contributed by atoms with Gasteiger partial charge in [-0.2, -0.15) is 5.10 Å². The van der Waals surface area contributed by atoms with Gasteiger partial charge >= 0.3 is 0 Å². The summed E-state index contributed by atoms with van der Waals surface area (Å²) in [6, 6.07) is 0. The molecular weight excluding hydrogens is 278 g/mol. The molecule has 104 valence electrons. The molecule has 0 amide bonds. The van der Waals surface area contributed by atoms with Gasteiger partial charge in [-0.1, -0.05) is 11.6 Å². The molecule has 0 bridgehead atoms. The first-order valence-corrected chi connectivity index (χ1v) is 5.95. The number of ether oxygens (including phenoxy) is 1. The summed E-state index contributed by atoms with van der Waals surface area (Å²) in [5, 5.41) is 4.31. The zero-order chi connectivity index (χ0) is 14.0. The summed E-state index contributed by atoms with van der Waals surface area (Å²) < 4.78 is 30.7. The van der Waals surface area contributed by atoms with Crippen LogP contribution in [0.5, 0.6) is 0 Å². The molecule has 0 spiro atoms. The van der Waals surface area contributed by atoms with Crippen LogP contribution >= 0.6 is 11.6 Å². The third kappa shape index (κ3) is 3.04. The minimum Gasteiger partial charge on any atom is -0.471 e. The molecule has 0 unspecified atom stereocenters. The summed E-state index contributed by atoms with van der Waals surface area (Å²) in [4.78, 5) is 5.82. The van der Waals surface area contributed by atoms with Crippen LogP contribution in [-0.4, -0.2) is 35.4 Å². The molecule has 1 aromatic heterocycles. The second kappa shape index (κ2) is 5.56. The van der Waals surface area contributed by atoms with Crippen molar-refractivity contribution in [3.05, 3.63) is 23.1 Å². The van der Waals surface area contributed by atoms with Crippen molar-refractivity contribution in [1.82, 2.24) is 9.78 Å². The number of nitrogens with zero attached hydrogens (tertiary/aromatic N) is 4. The fourth-order valence-corrected chi connectivity index (χ4v) is 1.85. The third-order valence-electron chi connectivity index (χ3n) is 2.70. The van der Waals surface area contributed by atoms with Gasteiger partial charge in [0.1, 0.15) is 11.7 Å². The van der Waals surface area contributed by atoms with E-state index in [4.69, 9.17) is 16.3 Å². The molecule has 19 heavy (non-hydrogen) atoms. The summed E-state index contributed by atoms with van der Waals surface area (Å²) in [6.45, 7) is 1.45. The fourth-order valence-electron chi connectivity index (χ4n) is 1.62. The van der Waals surface area contributed by atoms with Gasteiger partial charge in [0.25, 0.3) is 6.43 Å². The van der Waals surface area contributed by atoms with Crippen LogP contribution in [0.15, 0.2) is 22.4 Å². The van der Waals surface area contributed by atoms with E-state index in [9.17, 15) is 8.78 Å². The molecule has 0 aromatic carbocycles. The van der Waals surface area contributed by atoms with E-state index in [-0.39, 0.29) is 17.6 Å². The number of hydrogen-bond donors (Lipinski definition) is 0. The van der Waals surface area contributed by atoms with Gasteiger partial charge in [-0.25, -0.2) is 13.8 Å². The Morgan fingerprint density at radius 1 is 1.53 bits per heavy atom. The summed E-state index contributed by atoms with van der Waals surface area (Å²) in [6.07, 6.45) is 0.737. The van der Waals surface area contributed by atoms with Crippen molar-refractivity contribution in [3.63, 3.8) is 0 Å². The Kier molecular flexibility index (Phi) is 4.04. The zero-order valence-corrected chi connectivity index (χ0v) is 11.2. The molecule has 0 aliphatic carbocycles. The largest absolute Gasteiger partial charge is 0.471 e. The van der Waals surface area contributed by atoms with Gasteiger partial charge in [-0.3, -0.25) is 4.68 Å². The average Bonchev–Trinajstić information content (AvgIpc) is 2.68. The first-order valence-electron chi connectivity index (χ1n) is 5.57. The van der Waals surface area contributed by atoms with Crippen molar-refractivity contribution >= 4 is 23.2 Å². The lowest BCUT2D eigenvalue weighted by molar-refractivity contribution is 0.0765. The number of aryl methyl sites for hydroxylation is 1. The lowest BCUT2D eigenvalue weighted by Crippen LogP contribution is -2.25. The van der Waals surface area contributed by atoms with Gasteiger partial charge in [0.2, 0.25) is 5.90 Å². The number of aliphatic imine (C=N–C) groups is 1. The maximum atomic E-state index is 12.1. The van der Waals surface area contributed by atoms with Crippen molar-refractivity contribution < 1.29 is 13.5 Å². The highest BCUT2D eigenvalue weighted by molar-refractivity contribution is 6.42. The van der Waals surface area contributed by atoms with Gasteiger partial charge in [0.05, 0.1) is 17.6 Å². The minimum absolute atomic E-state index is 0.0414. The van der Waals surface area contributed by atoms with Crippen LogP contribution in [-0.2, 0) is 11.8 Å². The van der Waals surface area contributed by atoms with Crippen LogP contribution in [0.4, 0.5) is 14.5 Å². The number of anilines is 1. The van der Waals surface area contributed by atoms with Crippen molar-refractivity contribution in [2.45, 2.75) is 13.3 Å². The highest BCUT2D eigenvalue weighted by atomic mass is 35.5. The van der Waals surface area contributed by atoms with Crippen LogP contribution in [0.1, 0.15) is 5.69 Å². The second-order valence-corrected chi connectivity index (χ2v) is 4.40. The van der Waals surface area contributed by atoms with Crippen molar-refractivity contribution in [3.8, 4) is 0 Å². The van der Waals surface area contributed by atoms with Gasteiger partial charge in [0, 0.05) is 13.2 Å². The van der Waals surface area contributed by atoms with Crippen LogP contribution in [0, 0.1) is 6.92 Å². The Bertz CT molecular complexity index is 527. The first kappa shape index (κ1) is 13.8. The normalized spacial score (nSPS) is 15.6. The third-order valence-corrected chi connectivity index (χ3v) is 2.96. The zero-order valence-electron chi connectivity index (χ0n) is 10.5. The van der Waals surface area contributed by atoms with Gasteiger partial charge in [0.15, 0.2) is 6.61 Å². The maximum Gasteiger partial charge on any atom is 0.272 e. The number of hydrogen-bond acceptors (Lipinski definition) is 4. The molecular formula is C11H13ClF2N4O. The molecule has 1 aliphatic rings. The summed E-state index contributed by atoms with van der Waals surface area (Å²) in [5.41, 5.74) is 1.81. The van der Waals surface area contributed by atoms with E-state index in [0.717, 1.165) is 11.4 Å². The Morgan fingerprint density at radius 2 is 2.26 bits per heavy atom. The summed E-state index contributed by atoms with van der Waals surface area (Å²) >= 11 is 5.96. The van der Waals surface area contributed by atoms with E-state index in [1.165, 1.54) is 0 Å². The molecule has 0 saturated heterocycles. The molecule has 2 heterocycles. The molecule has 1 aromatic rings. The smallest absolute Gasteiger partial charge is 0.272 e. The number of aromatic nitrogens is 2. The highest BCUT2D eigenvalue weighted by Crippen LogP contribution is 2.23. The molecule has 8 heteroatoms. The van der Waals surface area contributed by atoms with Crippen LogP contribution in [0.3, 0.4) is 0 Å². The topological polar surface area (TPSA) is 42.6 Å². The van der Waals surface area contributed by atoms with E-state index in [1.807, 2.05) is 14.0 Å². The molecule has 0 radical (unpaired) electrons. The Morgan fingerprint density at radius 3 is 2.79 bits per heavy atom. The van der Waals surface area contributed by atoms with Crippen molar-refractivity contribution in [1.29, 1.82) is 0 Å². The van der Waals surface area contributed by atoms with Crippen LogP contribution in [0.2, 0.25) is 0 Å². The molecule has 5 nitrogen and oxygen atoms in total. The van der Waals surface area contributed by atoms with E-state index in [2.05, 4.69) is 10.1 Å². The fraction of sp³-hybridized carbons (Fsp3) is 0.455. The van der Waals surface area contributed by atoms with Crippen LogP contribution in [0.25, 0.3) is 0 Å². The molecule has 0 fully saturated rings. The molecule has 1 aliphatic heterocycles. The molecule has 0 N–H and O–H groups in total. The lowest BCUT2D eigenvalue weighted by Gasteiger charge is -2.23. The van der Waals surface area contributed by atoms with Gasteiger partial charge in [-0.05, 0) is 6.92 Å². The van der Waals surface area contributed by atoms with E-state index >= 15 is 0 Å². The van der Waals surface area contributed by atoms with Crippen molar-refractivity contribution in [2.75, 3.05) is 18.2 Å². The quantitative estimate of drug-likeness (QED) is 0.857. The van der Waals surface area contributed by atoms with Gasteiger partial charge < -0.3 is 9.64 Å². The predicted molar refractivity (Wildman–Crippen MR) is 68.6 cm³/mol. The SMILES string of the molecule is Cc1c(N2C=C(Cl)C(OCC(F)F)=NC2)cnn1C. The second-order valence-electron chi connectivity index (χ2n) is 3.99. The molecule has 0 atom stereocenters. The minimum atomic E-state index is -2.55. The molecule has 2 rings (SSSR count). The Hall–Kier alpha value is -1.63.